The Morgan fingerprint density at radius 1 is 1.50 bits per heavy atom. The van der Waals surface area contributed by atoms with Gasteiger partial charge in [-0.15, -0.1) is 0 Å². The molecule has 2 atom stereocenters. The lowest BCUT2D eigenvalue weighted by molar-refractivity contribution is -0.0246. The first-order chi connectivity index (χ1) is 6.57. The lowest BCUT2D eigenvalue weighted by atomic mass is 9.96. The van der Waals surface area contributed by atoms with Crippen molar-refractivity contribution in [2.75, 3.05) is 13.6 Å². The topological polar surface area (TPSA) is 21.3 Å². The summed E-state index contributed by atoms with van der Waals surface area (Å²) in [5.41, 5.74) is 0.128. The summed E-state index contributed by atoms with van der Waals surface area (Å²) in [5.74, 6) is 0.777. The molecule has 1 heterocycles. The van der Waals surface area contributed by atoms with Crippen LogP contribution in [0, 0.1) is 5.92 Å². The van der Waals surface area contributed by atoms with Crippen molar-refractivity contribution >= 4 is 0 Å². The first-order valence-corrected chi connectivity index (χ1v) is 5.90. The summed E-state index contributed by atoms with van der Waals surface area (Å²) in [7, 11) is 2.03. The fourth-order valence-corrected chi connectivity index (χ4v) is 2.30. The third-order valence-electron chi connectivity index (χ3n) is 3.22. The Bertz CT molecular complexity index is 168. The molecule has 2 nitrogen and oxygen atoms in total. The van der Waals surface area contributed by atoms with E-state index in [1.807, 2.05) is 7.05 Å². The van der Waals surface area contributed by atoms with E-state index in [0.29, 0.717) is 6.10 Å². The number of hydrogen-bond donors (Lipinski definition) is 1. The highest BCUT2D eigenvalue weighted by molar-refractivity contribution is 4.82. The van der Waals surface area contributed by atoms with Crippen molar-refractivity contribution in [2.45, 2.75) is 58.2 Å². The van der Waals surface area contributed by atoms with Crippen LogP contribution in [0.25, 0.3) is 0 Å². The van der Waals surface area contributed by atoms with Crippen LogP contribution < -0.4 is 5.32 Å². The van der Waals surface area contributed by atoms with Gasteiger partial charge in [-0.3, -0.25) is 0 Å². The van der Waals surface area contributed by atoms with Gasteiger partial charge >= 0.3 is 0 Å². The van der Waals surface area contributed by atoms with Gasteiger partial charge in [-0.2, -0.15) is 0 Å². The standard InChI is InChI=1S/C12H25NO/c1-5-10(9-13-4)8-11-6-7-12(2,3)14-11/h10-11,13H,5-9H2,1-4H3. The fourth-order valence-electron chi connectivity index (χ4n) is 2.30. The maximum absolute atomic E-state index is 6.00. The van der Waals surface area contributed by atoms with Crippen LogP contribution in [0.2, 0.25) is 0 Å². The van der Waals surface area contributed by atoms with E-state index in [1.54, 1.807) is 0 Å². The summed E-state index contributed by atoms with van der Waals surface area (Å²) >= 11 is 0. The van der Waals surface area contributed by atoms with Crippen molar-refractivity contribution < 1.29 is 4.74 Å². The van der Waals surface area contributed by atoms with E-state index < -0.39 is 0 Å². The molecule has 0 aromatic carbocycles. The molecule has 0 saturated carbocycles. The zero-order valence-electron chi connectivity index (χ0n) is 10.1. The third-order valence-corrected chi connectivity index (χ3v) is 3.22. The molecule has 14 heavy (non-hydrogen) atoms. The molecule has 0 aromatic heterocycles. The van der Waals surface area contributed by atoms with Crippen LogP contribution in [0.4, 0.5) is 0 Å². The summed E-state index contributed by atoms with van der Waals surface area (Å²) in [6.45, 7) is 7.79. The Labute approximate surface area is 88.4 Å². The average molecular weight is 199 g/mol. The molecule has 1 saturated heterocycles. The van der Waals surface area contributed by atoms with Crippen LogP contribution in [0.5, 0.6) is 0 Å². The zero-order valence-corrected chi connectivity index (χ0v) is 10.1. The molecule has 2 unspecified atom stereocenters. The molecule has 1 aliphatic rings. The van der Waals surface area contributed by atoms with Gasteiger partial charge in [-0.25, -0.2) is 0 Å². The second-order valence-corrected chi connectivity index (χ2v) is 5.11. The quantitative estimate of drug-likeness (QED) is 0.735. The third kappa shape index (κ3) is 3.58. The number of ether oxygens (including phenoxy) is 1. The van der Waals surface area contributed by atoms with E-state index >= 15 is 0 Å². The monoisotopic (exact) mass is 199 g/mol. The van der Waals surface area contributed by atoms with Gasteiger partial charge in [0, 0.05) is 0 Å². The van der Waals surface area contributed by atoms with E-state index in [0.717, 1.165) is 12.5 Å². The molecule has 2 heteroatoms. The predicted molar refractivity (Wildman–Crippen MR) is 60.5 cm³/mol. The minimum atomic E-state index is 0.128. The van der Waals surface area contributed by atoms with Crippen LogP contribution in [0.3, 0.4) is 0 Å². The fraction of sp³-hybridized carbons (Fsp3) is 1.00. The first kappa shape index (κ1) is 12.0. The van der Waals surface area contributed by atoms with Gasteiger partial charge in [-0.05, 0) is 52.6 Å². The van der Waals surface area contributed by atoms with E-state index in [2.05, 4.69) is 26.1 Å². The molecule has 0 amide bonds. The first-order valence-electron chi connectivity index (χ1n) is 5.90. The van der Waals surface area contributed by atoms with Crippen LogP contribution in [-0.2, 0) is 4.74 Å². The summed E-state index contributed by atoms with van der Waals surface area (Å²) in [6, 6.07) is 0. The highest BCUT2D eigenvalue weighted by Crippen LogP contribution is 2.32. The molecule has 1 N–H and O–H groups in total. The maximum atomic E-state index is 6.00. The van der Waals surface area contributed by atoms with E-state index in [1.165, 1.54) is 25.7 Å². The minimum absolute atomic E-state index is 0.128. The molecule has 0 aliphatic carbocycles. The summed E-state index contributed by atoms with van der Waals surface area (Å²) in [5, 5.41) is 3.26. The molecule has 0 spiro atoms. The molecule has 0 radical (unpaired) electrons. The lowest BCUT2D eigenvalue weighted by Gasteiger charge is -2.22. The van der Waals surface area contributed by atoms with E-state index in [9.17, 15) is 0 Å². The van der Waals surface area contributed by atoms with Gasteiger partial charge in [0.15, 0.2) is 0 Å². The number of hydrogen-bond acceptors (Lipinski definition) is 2. The van der Waals surface area contributed by atoms with Crippen molar-refractivity contribution in [3.8, 4) is 0 Å². The Morgan fingerprint density at radius 2 is 2.21 bits per heavy atom. The van der Waals surface area contributed by atoms with Crippen molar-refractivity contribution in [1.29, 1.82) is 0 Å². The van der Waals surface area contributed by atoms with Gasteiger partial charge in [0.05, 0.1) is 11.7 Å². The molecule has 84 valence electrons. The Morgan fingerprint density at radius 3 is 2.64 bits per heavy atom. The molecular formula is C12H25NO. The molecular weight excluding hydrogens is 174 g/mol. The second kappa shape index (κ2) is 5.13. The van der Waals surface area contributed by atoms with Crippen LogP contribution in [0.15, 0.2) is 0 Å². The number of rotatable bonds is 5. The van der Waals surface area contributed by atoms with Gasteiger partial charge < -0.3 is 10.1 Å². The summed E-state index contributed by atoms with van der Waals surface area (Å²) in [6.07, 6.45) is 5.44. The van der Waals surface area contributed by atoms with Gasteiger partial charge in [0.25, 0.3) is 0 Å². The highest BCUT2D eigenvalue weighted by Gasteiger charge is 2.32. The van der Waals surface area contributed by atoms with Crippen molar-refractivity contribution in [3.05, 3.63) is 0 Å². The predicted octanol–water partition coefficient (Wildman–Crippen LogP) is 2.58. The summed E-state index contributed by atoms with van der Waals surface area (Å²) in [4.78, 5) is 0. The van der Waals surface area contributed by atoms with E-state index in [-0.39, 0.29) is 5.60 Å². The summed E-state index contributed by atoms with van der Waals surface area (Å²) < 4.78 is 6.00. The van der Waals surface area contributed by atoms with Crippen LogP contribution in [-0.4, -0.2) is 25.3 Å². The van der Waals surface area contributed by atoms with Crippen molar-refractivity contribution in [3.63, 3.8) is 0 Å². The molecule has 0 aromatic rings. The van der Waals surface area contributed by atoms with Crippen molar-refractivity contribution in [1.82, 2.24) is 5.32 Å². The largest absolute Gasteiger partial charge is 0.372 e. The van der Waals surface area contributed by atoms with Gasteiger partial charge in [0.2, 0.25) is 0 Å². The zero-order chi connectivity index (χ0) is 10.6. The Balaban J connectivity index is 2.30. The second-order valence-electron chi connectivity index (χ2n) is 5.11. The van der Waals surface area contributed by atoms with Crippen LogP contribution >= 0.6 is 0 Å². The van der Waals surface area contributed by atoms with E-state index in [4.69, 9.17) is 4.74 Å². The maximum Gasteiger partial charge on any atom is 0.0631 e. The minimum Gasteiger partial charge on any atom is -0.372 e. The van der Waals surface area contributed by atoms with Crippen LogP contribution in [0.1, 0.15) is 46.5 Å². The molecule has 1 aliphatic heterocycles. The average Bonchev–Trinajstić information content (AvgIpc) is 2.45. The Kier molecular flexibility index (Phi) is 4.39. The highest BCUT2D eigenvalue weighted by atomic mass is 16.5. The lowest BCUT2D eigenvalue weighted by Crippen LogP contribution is -2.25. The van der Waals surface area contributed by atoms with Crippen molar-refractivity contribution in [2.24, 2.45) is 5.92 Å². The van der Waals surface area contributed by atoms with Gasteiger partial charge in [0.1, 0.15) is 0 Å². The smallest absolute Gasteiger partial charge is 0.0631 e. The Hall–Kier alpha value is -0.0800. The normalized spacial score (nSPS) is 27.9. The number of nitrogens with one attached hydrogen (secondary N) is 1. The molecule has 0 bridgehead atoms. The molecule has 1 rings (SSSR count). The van der Waals surface area contributed by atoms with Gasteiger partial charge in [-0.1, -0.05) is 13.3 Å². The molecule has 1 fully saturated rings. The SMILES string of the molecule is CCC(CNC)CC1CCC(C)(C)O1.